The first-order chi connectivity index (χ1) is 12.2. The SMILES string of the molecule is Cc1cnnc(OCc2c(N(C)N)cccc2C(F)(F)F)c1.NNC=O. The number of nitrogens with zero attached hydrogens (tertiary/aromatic N) is 3. The Morgan fingerprint density at radius 2 is 2.04 bits per heavy atom. The van der Waals surface area contributed by atoms with E-state index < -0.39 is 11.7 Å². The van der Waals surface area contributed by atoms with Crippen LogP contribution in [0.2, 0.25) is 0 Å². The fraction of sp³-hybridized carbons (Fsp3) is 0.267. The zero-order valence-corrected chi connectivity index (χ0v) is 14.1. The van der Waals surface area contributed by atoms with E-state index in [0.717, 1.165) is 16.6 Å². The summed E-state index contributed by atoms with van der Waals surface area (Å²) in [6, 6.07) is 5.38. The Bertz CT molecular complexity index is 725. The van der Waals surface area contributed by atoms with Crippen molar-refractivity contribution in [2.45, 2.75) is 19.7 Å². The number of carbonyl (C=O) groups excluding carboxylic acids is 1. The van der Waals surface area contributed by atoms with E-state index in [1.807, 2.05) is 0 Å². The van der Waals surface area contributed by atoms with E-state index in [1.54, 1.807) is 18.4 Å². The lowest BCUT2D eigenvalue weighted by molar-refractivity contribution is -0.138. The first-order valence-electron chi connectivity index (χ1n) is 7.20. The molecule has 0 radical (unpaired) electrons. The molecule has 0 aliphatic rings. The van der Waals surface area contributed by atoms with Gasteiger partial charge in [-0.05, 0) is 24.6 Å². The second-order valence-electron chi connectivity index (χ2n) is 5.06. The predicted molar refractivity (Wildman–Crippen MR) is 88.5 cm³/mol. The minimum atomic E-state index is -4.50. The molecule has 0 atom stereocenters. The normalized spacial score (nSPS) is 10.4. The largest absolute Gasteiger partial charge is 0.472 e. The zero-order valence-electron chi connectivity index (χ0n) is 14.1. The predicted octanol–water partition coefficient (Wildman–Crippen LogP) is 1.30. The maximum absolute atomic E-state index is 13.1. The van der Waals surface area contributed by atoms with Crippen molar-refractivity contribution >= 4 is 12.1 Å². The number of anilines is 1. The summed E-state index contributed by atoms with van der Waals surface area (Å²) in [7, 11) is 1.46. The van der Waals surface area contributed by atoms with Crippen molar-refractivity contribution in [1.82, 2.24) is 15.6 Å². The van der Waals surface area contributed by atoms with E-state index >= 15 is 0 Å². The van der Waals surface area contributed by atoms with Gasteiger partial charge in [-0.3, -0.25) is 10.2 Å². The number of aryl methyl sites for hydroxylation is 1. The molecule has 0 aliphatic heterocycles. The average Bonchev–Trinajstić information content (AvgIpc) is 2.59. The molecule has 11 heteroatoms. The number of alkyl halides is 3. The van der Waals surface area contributed by atoms with Crippen LogP contribution in [0.15, 0.2) is 30.5 Å². The van der Waals surface area contributed by atoms with E-state index in [9.17, 15) is 13.2 Å². The van der Waals surface area contributed by atoms with E-state index in [2.05, 4.69) is 16.0 Å². The van der Waals surface area contributed by atoms with Gasteiger partial charge in [-0.1, -0.05) is 6.07 Å². The van der Waals surface area contributed by atoms with Crippen molar-refractivity contribution in [3.63, 3.8) is 0 Å². The topological polar surface area (TPSA) is 119 Å². The Kier molecular flexibility index (Phi) is 7.75. The summed E-state index contributed by atoms with van der Waals surface area (Å²) < 4.78 is 44.8. The number of ether oxygens (including phenoxy) is 1. The monoisotopic (exact) mass is 372 g/mol. The van der Waals surface area contributed by atoms with Crippen LogP contribution in [0.5, 0.6) is 5.88 Å². The number of nitrogens with one attached hydrogen (secondary N) is 1. The number of rotatable bonds is 5. The van der Waals surface area contributed by atoms with Gasteiger partial charge in [-0.15, -0.1) is 5.10 Å². The summed E-state index contributed by atoms with van der Waals surface area (Å²) in [5.74, 6) is 10.2. The van der Waals surface area contributed by atoms with Crippen LogP contribution in [0.4, 0.5) is 18.9 Å². The maximum Gasteiger partial charge on any atom is 0.416 e. The first kappa shape index (κ1) is 21.1. The second-order valence-corrected chi connectivity index (χ2v) is 5.06. The van der Waals surface area contributed by atoms with Crippen LogP contribution in [-0.2, 0) is 17.6 Å². The third-order valence-electron chi connectivity index (χ3n) is 3.04. The van der Waals surface area contributed by atoms with Crippen LogP contribution in [0.3, 0.4) is 0 Å². The van der Waals surface area contributed by atoms with Crippen molar-refractivity contribution in [1.29, 1.82) is 0 Å². The second kappa shape index (κ2) is 9.53. The van der Waals surface area contributed by atoms with Crippen molar-refractivity contribution in [3.8, 4) is 5.88 Å². The van der Waals surface area contributed by atoms with Crippen molar-refractivity contribution in [3.05, 3.63) is 47.2 Å². The Hall–Kier alpha value is -2.92. The third kappa shape index (κ3) is 6.18. The number of halogens is 3. The molecule has 26 heavy (non-hydrogen) atoms. The van der Waals surface area contributed by atoms with Gasteiger partial charge in [0.1, 0.15) is 6.61 Å². The molecule has 0 unspecified atom stereocenters. The van der Waals surface area contributed by atoms with E-state index in [1.165, 1.54) is 25.4 Å². The number of hydrogen-bond acceptors (Lipinski definition) is 7. The van der Waals surface area contributed by atoms with Gasteiger partial charge in [0.15, 0.2) is 0 Å². The molecular formula is C15H19F3N6O2. The molecule has 0 saturated heterocycles. The van der Waals surface area contributed by atoms with Gasteiger partial charge < -0.3 is 9.75 Å². The van der Waals surface area contributed by atoms with Gasteiger partial charge in [-0.25, -0.2) is 11.7 Å². The lowest BCUT2D eigenvalue weighted by Crippen LogP contribution is -2.27. The average molecular weight is 372 g/mol. The molecule has 142 valence electrons. The van der Waals surface area contributed by atoms with Crippen molar-refractivity contribution < 1.29 is 22.7 Å². The van der Waals surface area contributed by atoms with Crippen LogP contribution in [0, 0.1) is 6.92 Å². The highest BCUT2D eigenvalue weighted by Gasteiger charge is 2.34. The molecule has 0 saturated carbocycles. The van der Waals surface area contributed by atoms with Crippen molar-refractivity contribution in [2.24, 2.45) is 11.7 Å². The Morgan fingerprint density at radius 1 is 1.38 bits per heavy atom. The molecule has 8 nitrogen and oxygen atoms in total. The summed E-state index contributed by atoms with van der Waals surface area (Å²) in [6.07, 6.45) is -2.57. The third-order valence-corrected chi connectivity index (χ3v) is 3.04. The smallest absolute Gasteiger partial charge is 0.416 e. The quantitative estimate of drug-likeness (QED) is 0.313. The van der Waals surface area contributed by atoms with Crippen LogP contribution >= 0.6 is 0 Å². The summed E-state index contributed by atoms with van der Waals surface area (Å²) in [5, 5.41) is 8.54. The summed E-state index contributed by atoms with van der Waals surface area (Å²) >= 11 is 0. The fourth-order valence-electron chi connectivity index (χ4n) is 1.98. The highest BCUT2D eigenvalue weighted by molar-refractivity contribution is 5.56. The molecule has 1 heterocycles. The molecule has 1 aromatic heterocycles. The molecular weight excluding hydrogens is 353 g/mol. The summed E-state index contributed by atoms with van der Waals surface area (Å²) in [6.45, 7) is 1.47. The number of nitrogens with two attached hydrogens (primary N) is 2. The molecule has 0 fully saturated rings. The van der Waals surface area contributed by atoms with Gasteiger partial charge in [0.25, 0.3) is 0 Å². The van der Waals surface area contributed by atoms with Gasteiger partial charge in [0, 0.05) is 18.7 Å². The van der Waals surface area contributed by atoms with E-state index in [4.69, 9.17) is 15.4 Å². The Balaban J connectivity index is 0.000000765. The maximum atomic E-state index is 13.1. The van der Waals surface area contributed by atoms with Crippen LogP contribution in [0.1, 0.15) is 16.7 Å². The lowest BCUT2D eigenvalue weighted by atomic mass is 10.1. The molecule has 0 spiro atoms. The Morgan fingerprint density at radius 3 is 2.54 bits per heavy atom. The molecule has 0 bridgehead atoms. The number of hydrazine groups is 2. The highest BCUT2D eigenvalue weighted by atomic mass is 19.4. The van der Waals surface area contributed by atoms with Crippen molar-refractivity contribution in [2.75, 3.05) is 12.1 Å². The number of carbonyl (C=O) groups is 1. The van der Waals surface area contributed by atoms with E-state index in [0.29, 0.717) is 6.41 Å². The highest BCUT2D eigenvalue weighted by Crippen LogP contribution is 2.36. The van der Waals surface area contributed by atoms with Gasteiger partial charge in [0.05, 0.1) is 17.4 Å². The minimum Gasteiger partial charge on any atom is -0.472 e. The lowest BCUT2D eigenvalue weighted by Gasteiger charge is -2.21. The fourth-order valence-corrected chi connectivity index (χ4v) is 1.98. The summed E-state index contributed by atoms with van der Waals surface area (Å²) in [5.41, 5.74) is 1.94. The number of amides is 1. The van der Waals surface area contributed by atoms with Gasteiger partial charge in [-0.2, -0.15) is 18.3 Å². The molecule has 2 rings (SSSR count). The number of hydrogen-bond donors (Lipinski definition) is 3. The number of benzene rings is 1. The molecule has 0 aliphatic carbocycles. The summed E-state index contributed by atoms with van der Waals surface area (Å²) in [4.78, 5) is 8.94. The standard InChI is InChI=1S/C14H15F3N4O.CH4N2O/c1-9-6-13(20-19-7-9)22-8-10-11(14(15,16)17)4-3-5-12(10)21(2)18;2-3-1-4/h3-7H,8,18H2,1-2H3;1H,2H2,(H,3,4). The van der Waals surface area contributed by atoms with Gasteiger partial charge in [0.2, 0.25) is 12.3 Å². The molecule has 2 aromatic rings. The number of aromatic nitrogens is 2. The van der Waals surface area contributed by atoms with Crippen LogP contribution < -0.4 is 26.9 Å². The molecule has 1 amide bonds. The molecule has 5 N–H and O–H groups in total. The first-order valence-corrected chi connectivity index (χ1v) is 7.20. The van der Waals surface area contributed by atoms with Crippen LogP contribution in [-0.4, -0.2) is 23.7 Å². The van der Waals surface area contributed by atoms with Gasteiger partial charge >= 0.3 is 6.18 Å². The van der Waals surface area contributed by atoms with Crippen LogP contribution in [0.25, 0.3) is 0 Å². The van der Waals surface area contributed by atoms with E-state index in [-0.39, 0.29) is 23.7 Å². The Labute approximate surface area is 147 Å². The molecule has 1 aromatic carbocycles. The minimum absolute atomic E-state index is 0.0525. The zero-order chi connectivity index (χ0) is 19.7.